The van der Waals surface area contributed by atoms with Crippen molar-refractivity contribution in [1.82, 2.24) is 10.2 Å². The first-order valence-electron chi connectivity index (χ1n) is 10.0. The zero-order chi connectivity index (χ0) is 22.0. The predicted octanol–water partition coefficient (Wildman–Crippen LogP) is 2.89. The lowest BCUT2D eigenvalue weighted by atomic mass is 10.2. The van der Waals surface area contributed by atoms with Crippen LogP contribution in [0.3, 0.4) is 0 Å². The van der Waals surface area contributed by atoms with E-state index in [1.165, 1.54) is 12.1 Å². The molecule has 0 radical (unpaired) electrons. The maximum atomic E-state index is 12.7. The molecule has 0 unspecified atom stereocenters. The number of non-ortho nitro benzene ring substituents is 1. The molecule has 0 aliphatic carbocycles. The molecule has 31 heavy (non-hydrogen) atoms. The van der Waals surface area contributed by atoms with Crippen LogP contribution in [0, 0.1) is 10.1 Å². The molecule has 2 aliphatic rings. The first-order chi connectivity index (χ1) is 14.9. The molecule has 2 aromatic rings. The number of nitro benzene ring substituents is 1. The summed E-state index contributed by atoms with van der Waals surface area (Å²) in [7, 11) is 0. The van der Waals surface area contributed by atoms with Crippen molar-refractivity contribution in [3.8, 4) is 0 Å². The van der Waals surface area contributed by atoms with Crippen LogP contribution < -0.4 is 15.1 Å². The molecule has 2 aromatic carbocycles. The van der Waals surface area contributed by atoms with Crippen molar-refractivity contribution in [1.29, 1.82) is 0 Å². The number of halogens is 1. The Morgan fingerprint density at radius 3 is 2.23 bits per heavy atom. The highest BCUT2D eigenvalue weighted by Gasteiger charge is 2.33. The summed E-state index contributed by atoms with van der Waals surface area (Å²) in [6.07, 6.45) is 0.261. The van der Waals surface area contributed by atoms with E-state index in [1.54, 1.807) is 46.2 Å². The van der Waals surface area contributed by atoms with E-state index in [-0.39, 0.29) is 30.1 Å². The Kier molecular flexibility index (Phi) is 5.94. The van der Waals surface area contributed by atoms with Gasteiger partial charge >= 0.3 is 6.03 Å². The number of carbonyl (C=O) groups excluding carboxylic acids is 2. The average molecular weight is 444 g/mol. The van der Waals surface area contributed by atoms with Crippen LogP contribution in [0.2, 0.25) is 5.02 Å². The van der Waals surface area contributed by atoms with Gasteiger partial charge in [0.05, 0.1) is 11.0 Å². The molecule has 3 amide bonds. The van der Waals surface area contributed by atoms with Crippen LogP contribution in [0.15, 0.2) is 48.5 Å². The maximum Gasteiger partial charge on any atom is 0.317 e. The van der Waals surface area contributed by atoms with Gasteiger partial charge in [0.25, 0.3) is 5.69 Å². The molecule has 10 heteroatoms. The molecule has 1 atom stereocenters. The van der Waals surface area contributed by atoms with E-state index >= 15 is 0 Å². The molecule has 2 saturated heterocycles. The molecule has 0 saturated carbocycles. The van der Waals surface area contributed by atoms with Crippen LogP contribution in [-0.4, -0.2) is 60.5 Å². The number of benzene rings is 2. The third-order valence-corrected chi connectivity index (χ3v) is 5.84. The van der Waals surface area contributed by atoms with Gasteiger partial charge in [0, 0.05) is 67.7 Å². The first-order valence-corrected chi connectivity index (χ1v) is 10.4. The Morgan fingerprint density at radius 2 is 1.61 bits per heavy atom. The number of nitrogens with one attached hydrogen (secondary N) is 1. The minimum atomic E-state index is -0.423. The molecule has 162 valence electrons. The zero-order valence-electron chi connectivity index (χ0n) is 16.7. The molecule has 4 rings (SSSR count). The van der Waals surface area contributed by atoms with Crippen molar-refractivity contribution in [3.63, 3.8) is 0 Å². The smallest absolute Gasteiger partial charge is 0.317 e. The highest BCUT2D eigenvalue weighted by atomic mass is 35.5. The lowest BCUT2D eigenvalue weighted by molar-refractivity contribution is -0.384. The number of piperazine rings is 1. The Hall–Kier alpha value is -3.33. The second kappa shape index (κ2) is 8.81. The summed E-state index contributed by atoms with van der Waals surface area (Å²) in [6, 6.07) is 13.1. The molecule has 9 nitrogen and oxygen atoms in total. The van der Waals surface area contributed by atoms with Crippen molar-refractivity contribution < 1.29 is 14.5 Å². The number of hydrogen-bond acceptors (Lipinski definition) is 5. The van der Waals surface area contributed by atoms with Crippen molar-refractivity contribution in [3.05, 3.63) is 63.7 Å². The van der Waals surface area contributed by atoms with Gasteiger partial charge in [0.1, 0.15) is 0 Å². The quantitative estimate of drug-likeness (QED) is 0.578. The van der Waals surface area contributed by atoms with Crippen LogP contribution in [-0.2, 0) is 4.79 Å². The van der Waals surface area contributed by atoms with E-state index in [0.29, 0.717) is 37.7 Å². The predicted molar refractivity (Wildman–Crippen MR) is 118 cm³/mol. The maximum absolute atomic E-state index is 12.7. The fourth-order valence-corrected chi connectivity index (χ4v) is 4.02. The van der Waals surface area contributed by atoms with Crippen LogP contribution >= 0.6 is 11.6 Å². The molecule has 2 heterocycles. The van der Waals surface area contributed by atoms with Crippen LogP contribution in [0.5, 0.6) is 0 Å². The molecule has 0 bridgehead atoms. The van der Waals surface area contributed by atoms with Crippen molar-refractivity contribution >= 4 is 40.6 Å². The summed E-state index contributed by atoms with van der Waals surface area (Å²) in [4.78, 5) is 40.9. The van der Waals surface area contributed by atoms with Gasteiger partial charge in [0.2, 0.25) is 5.91 Å². The fourth-order valence-electron chi connectivity index (χ4n) is 3.89. The Balaban J connectivity index is 1.29. The molecule has 0 spiro atoms. The van der Waals surface area contributed by atoms with Crippen LogP contribution in [0.25, 0.3) is 0 Å². The number of nitrogens with zero attached hydrogens (tertiary/aromatic N) is 4. The van der Waals surface area contributed by atoms with E-state index < -0.39 is 4.92 Å². The van der Waals surface area contributed by atoms with Gasteiger partial charge in [-0.05, 0) is 36.4 Å². The van der Waals surface area contributed by atoms with Gasteiger partial charge in [-0.2, -0.15) is 0 Å². The summed E-state index contributed by atoms with van der Waals surface area (Å²) in [6.45, 7) is 2.75. The van der Waals surface area contributed by atoms with Crippen LogP contribution in [0.4, 0.5) is 21.9 Å². The van der Waals surface area contributed by atoms with E-state index in [2.05, 4.69) is 10.2 Å². The number of urea groups is 1. The number of nitro groups is 1. The number of carbonyl (C=O) groups is 2. The Morgan fingerprint density at radius 1 is 1.00 bits per heavy atom. The SMILES string of the molecule is O=C(N[C@@H]1CC(=O)N(c2ccc(Cl)cc2)C1)N1CCN(c2ccc([N+](=O)[O-])cc2)CC1. The standard InChI is InChI=1S/C21H22ClN5O4/c22-15-1-3-18(4-2-15)26-14-16(13-20(26)28)23-21(29)25-11-9-24(10-12-25)17-5-7-19(8-6-17)27(30)31/h1-8,16H,9-14H2,(H,23,29)/t16-/m1/s1. The molecule has 1 N–H and O–H groups in total. The van der Waals surface area contributed by atoms with Gasteiger partial charge in [-0.1, -0.05) is 11.6 Å². The molecule has 2 fully saturated rings. The third-order valence-electron chi connectivity index (χ3n) is 5.58. The first kappa shape index (κ1) is 20.9. The minimum absolute atomic E-state index is 0.0318. The lowest BCUT2D eigenvalue weighted by Crippen LogP contribution is -2.53. The zero-order valence-corrected chi connectivity index (χ0v) is 17.5. The summed E-state index contributed by atoms with van der Waals surface area (Å²) < 4.78 is 0. The Labute approximate surface area is 184 Å². The number of amides is 3. The summed E-state index contributed by atoms with van der Waals surface area (Å²) in [5.74, 6) is -0.0318. The fraction of sp³-hybridized carbons (Fsp3) is 0.333. The topological polar surface area (TPSA) is 99.0 Å². The van der Waals surface area contributed by atoms with Gasteiger partial charge in [-0.15, -0.1) is 0 Å². The minimum Gasteiger partial charge on any atom is -0.368 e. The average Bonchev–Trinajstić information content (AvgIpc) is 3.14. The highest BCUT2D eigenvalue weighted by molar-refractivity contribution is 6.30. The van der Waals surface area contributed by atoms with Gasteiger partial charge in [-0.25, -0.2) is 4.79 Å². The molecular formula is C21H22ClN5O4. The van der Waals surface area contributed by atoms with E-state index in [1.807, 2.05) is 0 Å². The van der Waals surface area contributed by atoms with Crippen molar-refractivity contribution in [2.45, 2.75) is 12.5 Å². The van der Waals surface area contributed by atoms with Gasteiger partial charge < -0.3 is 20.0 Å². The lowest BCUT2D eigenvalue weighted by Gasteiger charge is -2.36. The Bertz CT molecular complexity index is 974. The van der Waals surface area contributed by atoms with E-state index in [0.717, 1.165) is 11.4 Å². The highest BCUT2D eigenvalue weighted by Crippen LogP contribution is 2.24. The van der Waals surface area contributed by atoms with Gasteiger partial charge in [0.15, 0.2) is 0 Å². The third kappa shape index (κ3) is 4.72. The number of hydrogen-bond donors (Lipinski definition) is 1. The number of anilines is 2. The molecular weight excluding hydrogens is 422 g/mol. The largest absolute Gasteiger partial charge is 0.368 e. The summed E-state index contributed by atoms with van der Waals surface area (Å²) in [5.41, 5.74) is 1.72. The van der Waals surface area contributed by atoms with E-state index in [9.17, 15) is 19.7 Å². The second-order valence-corrected chi connectivity index (χ2v) is 8.02. The summed E-state index contributed by atoms with van der Waals surface area (Å²) in [5, 5.41) is 14.4. The van der Waals surface area contributed by atoms with Crippen molar-refractivity contribution in [2.75, 3.05) is 42.5 Å². The van der Waals surface area contributed by atoms with Crippen LogP contribution in [0.1, 0.15) is 6.42 Å². The van der Waals surface area contributed by atoms with Gasteiger partial charge in [-0.3, -0.25) is 14.9 Å². The van der Waals surface area contributed by atoms with E-state index in [4.69, 9.17) is 11.6 Å². The second-order valence-electron chi connectivity index (χ2n) is 7.58. The monoisotopic (exact) mass is 443 g/mol. The van der Waals surface area contributed by atoms with Crippen molar-refractivity contribution in [2.24, 2.45) is 0 Å². The molecule has 2 aliphatic heterocycles. The normalized spacial score (nSPS) is 18.9. The molecule has 0 aromatic heterocycles. The number of rotatable bonds is 4. The summed E-state index contributed by atoms with van der Waals surface area (Å²) >= 11 is 5.91.